The lowest BCUT2D eigenvalue weighted by Crippen LogP contribution is -2.05. The van der Waals surface area contributed by atoms with Gasteiger partial charge < -0.3 is 9.67 Å². The molecule has 0 aliphatic heterocycles. The number of carbonyl (C=O) groups is 1. The van der Waals surface area contributed by atoms with Gasteiger partial charge in [-0.25, -0.2) is 4.79 Å². The fraction of sp³-hybridized carbons (Fsp3) is 0.333. The van der Waals surface area contributed by atoms with E-state index in [2.05, 4.69) is 18.2 Å². The van der Waals surface area contributed by atoms with Gasteiger partial charge in [-0.05, 0) is 29.9 Å². The second-order valence-electron chi connectivity index (χ2n) is 5.90. The van der Waals surface area contributed by atoms with Gasteiger partial charge in [-0.3, -0.25) is 0 Å². The minimum Gasteiger partial charge on any atom is -0.477 e. The molecule has 1 N–H and O–H groups in total. The molecule has 0 bridgehead atoms. The zero-order valence-electron chi connectivity index (χ0n) is 12.5. The average Bonchev–Trinajstić information content (AvgIpc) is 3.14. The van der Waals surface area contributed by atoms with E-state index in [1.54, 1.807) is 13.2 Å². The molecule has 2 aromatic rings. The largest absolute Gasteiger partial charge is 0.477 e. The highest BCUT2D eigenvalue weighted by molar-refractivity contribution is 5.96. The minimum absolute atomic E-state index is 0.158. The Morgan fingerprint density at radius 1 is 1.27 bits per heavy atom. The molecule has 1 aliphatic rings. The smallest absolute Gasteiger partial charge is 0.353 e. The SMILES string of the molecule is Cn1cc(C#N)c(-c2ccc(C3CCCC3)cc2)c1C(=O)O. The Labute approximate surface area is 129 Å². The Morgan fingerprint density at radius 3 is 2.45 bits per heavy atom. The first-order chi connectivity index (χ1) is 10.6. The van der Waals surface area contributed by atoms with Crippen LogP contribution in [0.2, 0.25) is 0 Å². The molecule has 0 saturated heterocycles. The second kappa shape index (κ2) is 5.69. The molecule has 1 fully saturated rings. The van der Waals surface area contributed by atoms with Crippen molar-refractivity contribution >= 4 is 5.97 Å². The fourth-order valence-electron chi connectivity index (χ4n) is 3.44. The van der Waals surface area contributed by atoms with Crippen LogP contribution < -0.4 is 0 Å². The summed E-state index contributed by atoms with van der Waals surface area (Å²) in [6.07, 6.45) is 6.60. The first-order valence-corrected chi connectivity index (χ1v) is 7.55. The standard InChI is InChI=1S/C18H18N2O2/c1-20-11-15(10-19)16(17(20)18(21)22)14-8-6-13(7-9-14)12-4-2-3-5-12/h6-9,11-12H,2-5H2,1H3,(H,21,22). The molecule has 22 heavy (non-hydrogen) atoms. The Balaban J connectivity index is 2.04. The lowest BCUT2D eigenvalue weighted by molar-refractivity contribution is 0.0687. The predicted octanol–water partition coefficient (Wildman–Crippen LogP) is 3.92. The van der Waals surface area contributed by atoms with Gasteiger partial charge in [0.15, 0.2) is 0 Å². The van der Waals surface area contributed by atoms with Crippen molar-refractivity contribution in [3.05, 3.63) is 47.3 Å². The molecule has 0 amide bonds. The van der Waals surface area contributed by atoms with Crippen molar-refractivity contribution in [1.82, 2.24) is 4.57 Å². The van der Waals surface area contributed by atoms with E-state index in [0.717, 1.165) is 5.56 Å². The van der Waals surface area contributed by atoms with Gasteiger partial charge in [0.2, 0.25) is 0 Å². The number of aromatic carboxylic acids is 1. The van der Waals surface area contributed by atoms with E-state index < -0.39 is 5.97 Å². The summed E-state index contributed by atoms with van der Waals surface area (Å²) in [5, 5.41) is 18.7. The van der Waals surface area contributed by atoms with Crippen LogP contribution >= 0.6 is 0 Å². The van der Waals surface area contributed by atoms with Gasteiger partial charge in [0.25, 0.3) is 0 Å². The number of nitrogens with zero attached hydrogens (tertiary/aromatic N) is 2. The highest BCUT2D eigenvalue weighted by atomic mass is 16.4. The molecule has 1 heterocycles. The number of aryl methyl sites for hydroxylation is 1. The minimum atomic E-state index is -1.01. The molecule has 1 aromatic carbocycles. The number of aromatic nitrogens is 1. The molecule has 1 aliphatic carbocycles. The third kappa shape index (κ3) is 2.39. The molecule has 4 nitrogen and oxygen atoms in total. The summed E-state index contributed by atoms with van der Waals surface area (Å²) in [6.45, 7) is 0. The lowest BCUT2D eigenvalue weighted by Gasteiger charge is -2.10. The maximum atomic E-state index is 11.5. The van der Waals surface area contributed by atoms with E-state index in [4.69, 9.17) is 0 Å². The third-order valence-electron chi connectivity index (χ3n) is 4.53. The monoisotopic (exact) mass is 294 g/mol. The van der Waals surface area contributed by atoms with Crippen molar-refractivity contribution in [2.24, 2.45) is 7.05 Å². The molecule has 4 heteroatoms. The van der Waals surface area contributed by atoms with Crippen LogP contribution in [0.4, 0.5) is 0 Å². The highest BCUT2D eigenvalue weighted by Crippen LogP contribution is 2.36. The van der Waals surface area contributed by atoms with Crippen LogP contribution in [0.1, 0.15) is 53.2 Å². The summed E-state index contributed by atoms with van der Waals surface area (Å²) in [5.41, 5.74) is 3.16. The Bertz CT molecular complexity index is 745. The van der Waals surface area contributed by atoms with Crippen LogP contribution in [-0.4, -0.2) is 15.6 Å². The second-order valence-corrected chi connectivity index (χ2v) is 5.90. The molecule has 0 unspecified atom stereocenters. The first kappa shape index (κ1) is 14.4. The van der Waals surface area contributed by atoms with Crippen molar-refractivity contribution in [3.8, 4) is 17.2 Å². The van der Waals surface area contributed by atoms with Crippen molar-refractivity contribution in [2.45, 2.75) is 31.6 Å². The van der Waals surface area contributed by atoms with Gasteiger partial charge in [0, 0.05) is 18.8 Å². The summed E-state index contributed by atoms with van der Waals surface area (Å²) in [6, 6.07) is 10.1. The number of carboxylic acid groups (broad SMARTS) is 1. The van der Waals surface area contributed by atoms with E-state index in [1.165, 1.54) is 35.8 Å². The molecule has 3 rings (SSSR count). The summed E-state index contributed by atoms with van der Waals surface area (Å²) < 4.78 is 1.50. The van der Waals surface area contributed by atoms with Crippen LogP contribution in [-0.2, 0) is 7.05 Å². The van der Waals surface area contributed by atoms with Crippen LogP contribution in [0.25, 0.3) is 11.1 Å². The molecule has 0 atom stereocenters. The van der Waals surface area contributed by atoms with E-state index in [1.807, 2.05) is 12.1 Å². The third-order valence-corrected chi connectivity index (χ3v) is 4.53. The van der Waals surface area contributed by atoms with E-state index in [9.17, 15) is 15.2 Å². The van der Waals surface area contributed by atoms with Crippen molar-refractivity contribution < 1.29 is 9.90 Å². The normalized spacial score (nSPS) is 14.9. The zero-order valence-corrected chi connectivity index (χ0v) is 12.5. The van der Waals surface area contributed by atoms with Gasteiger partial charge in [-0.2, -0.15) is 5.26 Å². The summed E-state index contributed by atoms with van der Waals surface area (Å²) >= 11 is 0. The number of benzene rings is 1. The molecule has 112 valence electrons. The van der Waals surface area contributed by atoms with Crippen molar-refractivity contribution in [2.75, 3.05) is 0 Å². The van der Waals surface area contributed by atoms with Gasteiger partial charge >= 0.3 is 5.97 Å². The maximum absolute atomic E-state index is 11.5. The number of nitriles is 1. The topological polar surface area (TPSA) is 66.0 Å². The van der Waals surface area contributed by atoms with Gasteiger partial charge in [0.05, 0.1) is 5.56 Å². The quantitative estimate of drug-likeness (QED) is 0.933. The Hall–Kier alpha value is -2.54. The van der Waals surface area contributed by atoms with E-state index >= 15 is 0 Å². The Morgan fingerprint density at radius 2 is 1.91 bits per heavy atom. The van der Waals surface area contributed by atoms with Gasteiger partial charge in [-0.15, -0.1) is 0 Å². The maximum Gasteiger partial charge on any atom is 0.353 e. The number of carboxylic acids is 1. The molecule has 1 saturated carbocycles. The summed E-state index contributed by atoms with van der Waals surface area (Å²) in [7, 11) is 1.65. The van der Waals surface area contributed by atoms with Crippen LogP contribution in [0.5, 0.6) is 0 Å². The average molecular weight is 294 g/mol. The van der Waals surface area contributed by atoms with Crippen molar-refractivity contribution in [1.29, 1.82) is 5.26 Å². The van der Waals surface area contributed by atoms with E-state index in [0.29, 0.717) is 17.0 Å². The molecular weight excluding hydrogens is 276 g/mol. The molecule has 1 aromatic heterocycles. The van der Waals surface area contributed by atoms with Crippen LogP contribution in [0.15, 0.2) is 30.5 Å². The summed E-state index contributed by atoms with van der Waals surface area (Å²) in [5.74, 6) is -0.391. The van der Waals surface area contributed by atoms with Crippen LogP contribution in [0, 0.1) is 11.3 Å². The Kier molecular flexibility index (Phi) is 3.72. The van der Waals surface area contributed by atoms with Crippen LogP contribution in [0.3, 0.4) is 0 Å². The number of hydrogen-bond donors (Lipinski definition) is 1. The predicted molar refractivity (Wildman–Crippen MR) is 83.7 cm³/mol. The van der Waals surface area contributed by atoms with Crippen molar-refractivity contribution in [3.63, 3.8) is 0 Å². The van der Waals surface area contributed by atoms with Gasteiger partial charge in [0.1, 0.15) is 11.8 Å². The molecule has 0 radical (unpaired) electrons. The van der Waals surface area contributed by atoms with Gasteiger partial charge in [-0.1, -0.05) is 37.1 Å². The highest BCUT2D eigenvalue weighted by Gasteiger charge is 2.22. The molecular formula is C18H18N2O2. The fourth-order valence-corrected chi connectivity index (χ4v) is 3.44. The number of rotatable bonds is 3. The first-order valence-electron chi connectivity index (χ1n) is 7.55. The zero-order chi connectivity index (χ0) is 15.7. The van der Waals surface area contributed by atoms with E-state index in [-0.39, 0.29) is 5.69 Å². The molecule has 0 spiro atoms. The summed E-state index contributed by atoms with van der Waals surface area (Å²) in [4.78, 5) is 11.5. The number of hydrogen-bond acceptors (Lipinski definition) is 2. The lowest BCUT2D eigenvalue weighted by atomic mass is 9.94.